The maximum absolute atomic E-state index is 13.2. The van der Waals surface area contributed by atoms with Crippen molar-refractivity contribution < 1.29 is 14.6 Å². The molecule has 1 N–H and O–H groups in total. The van der Waals surface area contributed by atoms with Gasteiger partial charge in [-0.05, 0) is 50.9 Å². The molecule has 1 aliphatic heterocycles. The summed E-state index contributed by atoms with van der Waals surface area (Å²) in [5, 5.41) is 9.79. The first kappa shape index (κ1) is 24.8. The van der Waals surface area contributed by atoms with Crippen molar-refractivity contribution in [3.05, 3.63) is 23.8 Å². The number of nitrogens with zero attached hydrogens (tertiary/aromatic N) is 3. The third kappa shape index (κ3) is 6.38. The van der Waals surface area contributed by atoms with Crippen molar-refractivity contribution in [3.63, 3.8) is 0 Å². The lowest BCUT2D eigenvalue weighted by atomic mass is 9.89. The predicted octanol–water partition coefficient (Wildman–Crippen LogP) is 3.41. The van der Waals surface area contributed by atoms with Crippen LogP contribution in [0.2, 0.25) is 0 Å². The van der Waals surface area contributed by atoms with Crippen LogP contribution in [0.5, 0.6) is 5.75 Å². The van der Waals surface area contributed by atoms with Crippen molar-refractivity contribution in [1.29, 1.82) is 0 Å². The van der Waals surface area contributed by atoms with E-state index in [-0.39, 0.29) is 30.6 Å². The van der Waals surface area contributed by atoms with Gasteiger partial charge in [0.2, 0.25) is 5.91 Å². The Bertz CT molecular complexity index is 748. The fraction of sp³-hybridized carbons (Fsp3) is 0.731. The Morgan fingerprint density at radius 2 is 1.88 bits per heavy atom. The second kappa shape index (κ2) is 11.4. The van der Waals surface area contributed by atoms with Crippen molar-refractivity contribution in [1.82, 2.24) is 9.80 Å². The molecule has 0 aromatic heterocycles. The zero-order valence-electron chi connectivity index (χ0n) is 20.7. The molecule has 1 aliphatic carbocycles. The number of carbonyl (C=O) groups excluding carboxylic acids is 1. The second-order valence-electron chi connectivity index (χ2n) is 10.3. The molecule has 6 nitrogen and oxygen atoms in total. The van der Waals surface area contributed by atoms with Gasteiger partial charge in [-0.1, -0.05) is 26.2 Å². The lowest BCUT2D eigenvalue weighted by Gasteiger charge is -2.35. The van der Waals surface area contributed by atoms with Gasteiger partial charge < -0.3 is 24.5 Å². The van der Waals surface area contributed by atoms with Gasteiger partial charge in [0.25, 0.3) is 0 Å². The van der Waals surface area contributed by atoms with Gasteiger partial charge in [0.1, 0.15) is 11.9 Å². The maximum Gasteiger partial charge on any atom is 0.227 e. The maximum atomic E-state index is 13.2. The van der Waals surface area contributed by atoms with Gasteiger partial charge in [0, 0.05) is 50.9 Å². The summed E-state index contributed by atoms with van der Waals surface area (Å²) in [6.07, 6.45) is 7.02. The largest absolute Gasteiger partial charge is 0.488 e. The number of hydrogen-bond donors (Lipinski definition) is 1. The van der Waals surface area contributed by atoms with Crippen LogP contribution in [0.15, 0.2) is 18.2 Å². The molecule has 0 spiro atoms. The van der Waals surface area contributed by atoms with E-state index in [0.29, 0.717) is 13.0 Å². The standard InChI is InChI=1S/C26H43N3O3/c1-19-15-29(20(2)18-30)26(31)14-22-13-23(27(3)4)11-12-24(22)32-25(19)17-28(5)16-21-9-7-6-8-10-21/h11-13,19-21,25,30H,6-10,14-18H2,1-5H3/t19-,20+,25+/m0/s1. The van der Waals surface area contributed by atoms with Gasteiger partial charge in [-0.25, -0.2) is 0 Å². The molecule has 6 heteroatoms. The minimum atomic E-state index is -0.204. The van der Waals surface area contributed by atoms with Crippen LogP contribution in [0.25, 0.3) is 0 Å². The summed E-state index contributed by atoms with van der Waals surface area (Å²) < 4.78 is 6.63. The molecule has 1 heterocycles. The van der Waals surface area contributed by atoms with E-state index >= 15 is 0 Å². The van der Waals surface area contributed by atoms with Gasteiger partial charge in [0.15, 0.2) is 0 Å². The summed E-state index contributed by atoms with van der Waals surface area (Å²) in [6, 6.07) is 5.93. The molecule has 0 bridgehead atoms. The molecule has 1 amide bonds. The first-order chi connectivity index (χ1) is 15.3. The first-order valence-electron chi connectivity index (χ1n) is 12.3. The van der Waals surface area contributed by atoms with Crippen LogP contribution in [-0.4, -0.2) is 80.3 Å². The average Bonchev–Trinajstić information content (AvgIpc) is 2.81. The van der Waals surface area contributed by atoms with Crippen molar-refractivity contribution >= 4 is 11.6 Å². The number of hydrogen-bond acceptors (Lipinski definition) is 5. The highest BCUT2D eigenvalue weighted by Crippen LogP contribution is 2.30. The number of ether oxygens (including phenoxy) is 1. The Morgan fingerprint density at radius 1 is 1.16 bits per heavy atom. The fourth-order valence-corrected chi connectivity index (χ4v) is 5.10. The molecule has 1 saturated carbocycles. The quantitative estimate of drug-likeness (QED) is 0.697. The fourth-order valence-electron chi connectivity index (χ4n) is 5.10. The van der Waals surface area contributed by atoms with E-state index in [1.807, 2.05) is 36.9 Å². The Balaban J connectivity index is 1.84. The highest BCUT2D eigenvalue weighted by Gasteiger charge is 2.31. The summed E-state index contributed by atoms with van der Waals surface area (Å²) in [5.74, 6) is 1.80. The van der Waals surface area contributed by atoms with E-state index in [1.54, 1.807) is 0 Å². The number of anilines is 1. The van der Waals surface area contributed by atoms with Gasteiger partial charge >= 0.3 is 0 Å². The van der Waals surface area contributed by atoms with Crippen LogP contribution in [0, 0.1) is 11.8 Å². The van der Waals surface area contributed by atoms with Crippen LogP contribution in [-0.2, 0) is 11.2 Å². The molecule has 1 fully saturated rings. The summed E-state index contributed by atoms with van der Waals surface area (Å²) in [7, 11) is 6.21. The number of fused-ring (bicyclic) bond motifs is 1. The molecule has 3 rings (SSSR count). The molecule has 180 valence electrons. The molecular weight excluding hydrogens is 402 g/mol. The zero-order chi connectivity index (χ0) is 23.3. The van der Waals surface area contributed by atoms with Crippen LogP contribution in [0.1, 0.15) is 51.5 Å². The van der Waals surface area contributed by atoms with E-state index in [0.717, 1.165) is 36.0 Å². The minimum absolute atomic E-state index is 0.0214. The second-order valence-corrected chi connectivity index (χ2v) is 10.3. The minimum Gasteiger partial charge on any atom is -0.488 e. The SMILES string of the molecule is C[C@H](CO)N1C[C@H](C)[C@@H](CN(C)CC2CCCCC2)Oc2ccc(N(C)C)cc2CC1=O. The highest BCUT2D eigenvalue weighted by molar-refractivity contribution is 5.80. The molecule has 1 aromatic carbocycles. The molecular formula is C26H43N3O3. The van der Waals surface area contributed by atoms with Gasteiger partial charge in [-0.3, -0.25) is 4.79 Å². The average molecular weight is 446 g/mol. The number of aliphatic hydroxyl groups excluding tert-OH is 1. The molecule has 1 aromatic rings. The smallest absolute Gasteiger partial charge is 0.227 e. The van der Waals surface area contributed by atoms with Crippen LogP contribution in [0.3, 0.4) is 0 Å². The number of rotatable bonds is 7. The van der Waals surface area contributed by atoms with E-state index in [4.69, 9.17) is 4.74 Å². The van der Waals surface area contributed by atoms with Crippen molar-refractivity contribution in [2.24, 2.45) is 11.8 Å². The normalized spacial score (nSPS) is 23.7. The van der Waals surface area contributed by atoms with Gasteiger partial charge in [-0.2, -0.15) is 0 Å². The predicted molar refractivity (Wildman–Crippen MR) is 130 cm³/mol. The number of carbonyl (C=O) groups is 1. The Hall–Kier alpha value is -1.79. The first-order valence-corrected chi connectivity index (χ1v) is 12.3. The van der Waals surface area contributed by atoms with E-state index in [9.17, 15) is 9.90 Å². The molecule has 2 aliphatic rings. The van der Waals surface area contributed by atoms with Crippen LogP contribution in [0.4, 0.5) is 5.69 Å². The lowest BCUT2D eigenvalue weighted by molar-refractivity contribution is -0.134. The van der Waals surface area contributed by atoms with E-state index < -0.39 is 0 Å². The summed E-state index contributed by atoms with van der Waals surface area (Å²) >= 11 is 0. The monoisotopic (exact) mass is 445 g/mol. The van der Waals surface area contributed by atoms with E-state index in [1.165, 1.54) is 32.1 Å². The third-order valence-electron chi connectivity index (χ3n) is 7.20. The Labute approximate surface area is 194 Å². The number of amides is 1. The van der Waals surface area contributed by atoms with Crippen molar-refractivity contribution in [2.45, 2.75) is 64.5 Å². The molecule has 3 atom stereocenters. The van der Waals surface area contributed by atoms with E-state index in [2.05, 4.69) is 31.0 Å². The Morgan fingerprint density at radius 3 is 2.53 bits per heavy atom. The van der Waals surface area contributed by atoms with Crippen molar-refractivity contribution in [3.8, 4) is 5.75 Å². The third-order valence-corrected chi connectivity index (χ3v) is 7.20. The van der Waals surface area contributed by atoms with Gasteiger partial charge in [-0.15, -0.1) is 0 Å². The molecule has 0 saturated heterocycles. The summed E-state index contributed by atoms with van der Waals surface area (Å²) in [6.45, 7) is 6.59. The topological polar surface area (TPSA) is 56.2 Å². The zero-order valence-corrected chi connectivity index (χ0v) is 20.7. The number of aliphatic hydroxyl groups is 1. The molecule has 0 unspecified atom stereocenters. The van der Waals surface area contributed by atoms with Crippen LogP contribution >= 0.6 is 0 Å². The van der Waals surface area contributed by atoms with Crippen LogP contribution < -0.4 is 9.64 Å². The van der Waals surface area contributed by atoms with Gasteiger partial charge in [0.05, 0.1) is 19.1 Å². The lowest BCUT2D eigenvalue weighted by Crippen LogP contribution is -2.48. The number of likely N-dealkylation sites (N-methyl/N-ethyl adjacent to an activating group) is 1. The van der Waals surface area contributed by atoms with Crippen molar-refractivity contribution in [2.75, 3.05) is 52.3 Å². The summed E-state index contributed by atoms with van der Waals surface area (Å²) in [4.78, 5) is 19.5. The number of benzene rings is 1. The molecule has 32 heavy (non-hydrogen) atoms. The Kier molecular flexibility index (Phi) is 8.83. The molecule has 0 radical (unpaired) electrons. The summed E-state index contributed by atoms with van der Waals surface area (Å²) in [5.41, 5.74) is 1.98. The highest BCUT2D eigenvalue weighted by atomic mass is 16.5.